The number of carboxylic acid groups (broad SMARTS) is 1. The van der Waals surface area contributed by atoms with Gasteiger partial charge in [0.1, 0.15) is 12.1 Å². The Hall–Kier alpha value is -1.10. The van der Waals surface area contributed by atoms with Gasteiger partial charge in [0.15, 0.2) is 0 Å². The smallest absolute Gasteiger partial charge is 0.320 e. The Morgan fingerprint density at radius 1 is 1.31 bits per heavy atom. The third-order valence-electron chi connectivity index (χ3n) is 2.83. The summed E-state index contributed by atoms with van der Waals surface area (Å²) >= 11 is 0. The number of hydrogen-bond acceptors (Lipinski definition) is 4. The van der Waals surface area contributed by atoms with Crippen molar-refractivity contribution in [1.29, 1.82) is 0 Å². The maximum Gasteiger partial charge on any atom is 0.320 e. The van der Waals surface area contributed by atoms with Crippen LogP contribution in [0.3, 0.4) is 0 Å². The minimum Gasteiger partial charge on any atom is -0.480 e. The van der Waals surface area contributed by atoms with E-state index in [1.54, 1.807) is 0 Å². The molecule has 1 unspecified atom stereocenters. The first-order valence-electron chi connectivity index (χ1n) is 5.77. The minimum atomic E-state index is -1.08. The summed E-state index contributed by atoms with van der Waals surface area (Å²) in [6, 6.07) is -0.973. The summed E-state index contributed by atoms with van der Waals surface area (Å²) in [5, 5.41) is 8.54. The summed E-state index contributed by atoms with van der Waals surface area (Å²) in [7, 11) is 0. The van der Waals surface area contributed by atoms with Gasteiger partial charge in [0.25, 0.3) is 0 Å². The number of esters is 1. The molecule has 5 nitrogen and oxygen atoms in total. The van der Waals surface area contributed by atoms with E-state index in [4.69, 9.17) is 15.6 Å². The van der Waals surface area contributed by atoms with Crippen LogP contribution in [0.2, 0.25) is 0 Å². The fourth-order valence-corrected chi connectivity index (χ4v) is 1.82. The highest BCUT2D eigenvalue weighted by atomic mass is 16.5. The van der Waals surface area contributed by atoms with Gasteiger partial charge in [-0.15, -0.1) is 0 Å². The number of carbonyl (C=O) groups is 2. The lowest BCUT2D eigenvalue weighted by atomic mass is 9.98. The van der Waals surface area contributed by atoms with E-state index in [-0.39, 0.29) is 24.9 Å². The van der Waals surface area contributed by atoms with E-state index in [0.717, 1.165) is 25.7 Å². The van der Waals surface area contributed by atoms with Crippen molar-refractivity contribution >= 4 is 11.9 Å². The average molecular weight is 229 g/mol. The highest BCUT2D eigenvalue weighted by Crippen LogP contribution is 2.20. The number of aliphatic carboxylic acids is 1. The lowest BCUT2D eigenvalue weighted by molar-refractivity contribution is -0.150. The van der Waals surface area contributed by atoms with E-state index in [1.807, 2.05) is 0 Å². The molecule has 0 radical (unpaired) electrons. The topological polar surface area (TPSA) is 89.6 Å². The molecule has 1 aliphatic rings. The Bertz CT molecular complexity index is 248. The van der Waals surface area contributed by atoms with Gasteiger partial charge in [0.05, 0.1) is 0 Å². The molecule has 0 aromatic carbocycles. The summed E-state index contributed by atoms with van der Waals surface area (Å²) < 4.78 is 5.23. The van der Waals surface area contributed by atoms with Crippen molar-refractivity contribution in [2.24, 2.45) is 5.73 Å². The number of carbonyl (C=O) groups excluding carboxylic acids is 1. The summed E-state index contributed by atoms with van der Waals surface area (Å²) in [5.74, 6) is -1.41. The third-order valence-corrected chi connectivity index (χ3v) is 2.83. The van der Waals surface area contributed by atoms with Crippen molar-refractivity contribution in [2.75, 3.05) is 0 Å². The van der Waals surface area contributed by atoms with Crippen LogP contribution in [0.5, 0.6) is 0 Å². The van der Waals surface area contributed by atoms with E-state index in [0.29, 0.717) is 0 Å². The van der Waals surface area contributed by atoms with Crippen LogP contribution in [0.4, 0.5) is 0 Å². The van der Waals surface area contributed by atoms with Crippen LogP contribution in [-0.4, -0.2) is 29.2 Å². The van der Waals surface area contributed by atoms with Gasteiger partial charge >= 0.3 is 11.9 Å². The molecule has 0 aromatic rings. The third kappa shape index (κ3) is 4.61. The molecule has 3 N–H and O–H groups in total. The zero-order valence-electron chi connectivity index (χ0n) is 9.35. The number of nitrogens with two attached hydrogens (primary N) is 1. The molecule has 0 amide bonds. The predicted molar refractivity (Wildman–Crippen MR) is 57.8 cm³/mol. The Labute approximate surface area is 95.0 Å². The van der Waals surface area contributed by atoms with E-state index in [2.05, 4.69) is 0 Å². The molecule has 1 aliphatic carbocycles. The van der Waals surface area contributed by atoms with Crippen molar-refractivity contribution in [3.8, 4) is 0 Å². The van der Waals surface area contributed by atoms with Crippen LogP contribution in [0.25, 0.3) is 0 Å². The standard InChI is InChI=1S/C11H19NO4/c12-9(11(14)15)6-7-10(13)16-8-4-2-1-3-5-8/h8-9H,1-7,12H2,(H,14,15). The zero-order valence-corrected chi connectivity index (χ0v) is 9.35. The largest absolute Gasteiger partial charge is 0.480 e. The summed E-state index contributed by atoms with van der Waals surface area (Å²) in [4.78, 5) is 21.8. The fourth-order valence-electron chi connectivity index (χ4n) is 1.82. The molecule has 1 fully saturated rings. The first-order valence-corrected chi connectivity index (χ1v) is 5.77. The van der Waals surface area contributed by atoms with Gasteiger partial charge in [-0.1, -0.05) is 6.42 Å². The molecule has 0 aromatic heterocycles. The van der Waals surface area contributed by atoms with Gasteiger partial charge in [-0.25, -0.2) is 0 Å². The van der Waals surface area contributed by atoms with Crippen molar-refractivity contribution in [3.63, 3.8) is 0 Å². The molecule has 5 heteroatoms. The molecule has 92 valence electrons. The maximum absolute atomic E-state index is 11.4. The Morgan fingerprint density at radius 3 is 2.50 bits per heavy atom. The maximum atomic E-state index is 11.4. The van der Waals surface area contributed by atoms with Gasteiger partial charge in [-0.3, -0.25) is 9.59 Å². The number of rotatable bonds is 5. The monoisotopic (exact) mass is 229 g/mol. The van der Waals surface area contributed by atoms with Crippen LogP contribution < -0.4 is 5.73 Å². The molecule has 0 heterocycles. The van der Waals surface area contributed by atoms with Crippen molar-refractivity contribution in [1.82, 2.24) is 0 Å². The molecule has 1 saturated carbocycles. The van der Waals surface area contributed by atoms with E-state index < -0.39 is 12.0 Å². The fraction of sp³-hybridized carbons (Fsp3) is 0.818. The van der Waals surface area contributed by atoms with Crippen molar-refractivity contribution < 1.29 is 19.4 Å². The molecule has 0 aliphatic heterocycles. The zero-order chi connectivity index (χ0) is 12.0. The van der Waals surface area contributed by atoms with Gasteiger partial charge in [-0.05, 0) is 32.1 Å². The second kappa shape index (κ2) is 6.48. The highest BCUT2D eigenvalue weighted by Gasteiger charge is 2.19. The van der Waals surface area contributed by atoms with Crippen LogP contribution >= 0.6 is 0 Å². The molecule has 0 bridgehead atoms. The molecule has 0 saturated heterocycles. The summed E-state index contributed by atoms with van der Waals surface area (Å²) in [5.41, 5.74) is 5.29. The molecular formula is C11H19NO4. The summed E-state index contributed by atoms with van der Waals surface area (Å²) in [6.07, 6.45) is 5.53. The molecule has 16 heavy (non-hydrogen) atoms. The molecule has 0 spiro atoms. The van der Waals surface area contributed by atoms with E-state index >= 15 is 0 Å². The second-order valence-corrected chi connectivity index (χ2v) is 4.23. The van der Waals surface area contributed by atoms with Crippen molar-refractivity contribution in [2.45, 2.75) is 57.1 Å². The predicted octanol–water partition coefficient (Wildman–Crippen LogP) is 1.05. The number of hydrogen-bond donors (Lipinski definition) is 2. The first kappa shape index (κ1) is 13.0. The Morgan fingerprint density at radius 2 is 1.94 bits per heavy atom. The normalized spacial score (nSPS) is 19.1. The van der Waals surface area contributed by atoms with Crippen LogP contribution in [-0.2, 0) is 14.3 Å². The minimum absolute atomic E-state index is 0.0299. The van der Waals surface area contributed by atoms with Crippen LogP contribution in [0, 0.1) is 0 Å². The second-order valence-electron chi connectivity index (χ2n) is 4.23. The Balaban J connectivity index is 2.17. The van der Waals surface area contributed by atoms with Gasteiger partial charge in [0, 0.05) is 6.42 Å². The molecular weight excluding hydrogens is 210 g/mol. The van der Waals surface area contributed by atoms with Gasteiger partial charge in [0.2, 0.25) is 0 Å². The van der Waals surface area contributed by atoms with E-state index in [9.17, 15) is 9.59 Å². The molecule has 1 atom stereocenters. The number of ether oxygens (including phenoxy) is 1. The van der Waals surface area contributed by atoms with Gasteiger partial charge in [-0.2, -0.15) is 0 Å². The first-order chi connectivity index (χ1) is 7.59. The van der Waals surface area contributed by atoms with Crippen LogP contribution in [0.15, 0.2) is 0 Å². The van der Waals surface area contributed by atoms with Gasteiger partial charge < -0.3 is 15.6 Å². The average Bonchev–Trinajstić information content (AvgIpc) is 2.27. The Kier molecular flexibility index (Phi) is 5.25. The quantitative estimate of drug-likeness (QED) is 0.688. The van der Waals surface area contributed by atoms with Crippen LogP contribution in [0.1, 0.15) is 44.9 Å². The molecule has 1 rings (SSSR count). The van der Waals surface area contributed by atoms with E-state index in [1.165, 1.54) is 6.42 Å². The lowest BCUT2D eigenvalue weighted by Crippen LogP contribution is -2.31. The SMILES string of the molecule is NC(CCC(=O)OC1CCCCC1)C(=O)O. The highest BCUT2D eigenvalue weighted by molar-refractivity contribution is 5.75. The number of carboxylic acids is 1. The van der Waals surface area contributed by atoms with Crippen molar-refractivity contribution in [3.05, 3.63) is 0 Å². The lowest BCUT2D eigenvalue weighted by Gasteiger charge is -2.21. The summed E-state index contributed by atoms with van der Waals surface area (Å²) in [6.45, 7) is 0.